The maximum atomic E-state index is 10.8. The Bertz CT molecular complexity index is 498. The van der Waals surface area contributed by atoms with E-state index in [-0.39, 0.29) is 0 Å². The fourth-order valence-corrected chi connectivity index (χ4v) is 2.45. The van der Waals surface area contributed by atoms with E-state index in [9.17, 15) is 5.11 Å². The van der Waals surface area contributed by atoms with Crippen LogP contribution >= 0.6 is 11.6 Å². The molecule has 1 N–H and O–H groups in total. The second kappa shape index (κ2) is 5.55. The van der Waals surface area contributed by atoms with Gasteiger partial charge in [-0.25, -0.2) is 0 Å². The van der Waals surface area contributed by atoms with Crippen LogP contribution in [0.25, 0.3) is 0 Å². The molecule has 0 fully saturated rings. The second-order valence-electron chi connectivity index (χ2n) is 4.54. The van der Waals surface area contributed by atoms with Crippen LogP contribution in [0.5, 0.6) is 0 Å². The average Bonchev–Trinajstić information content (AvgIpc) is 2.76. The molecule has 1 heterocycles. The first-order valence-electron chi connectivity index (χ1n) is 5.95. The molecule has 4 heteroatoms. The van der Waals surface area contributed by atoms with Crippen LogP contribution in [0.3, 0.4) is 0 Å². The first-order chi connectivity index (χ1) is 8.64. The number of aryl methyl sites for hydroxylation is 1. The normalized spacial score (nSPS) is 14.4. The van der Waals surface area contributed by atoms with Crippen LogP contribution in [0.15, 0.2) is 42.7 Å². The molecule has 1 atom stereocenters. The molecule has 0 aliphatic heterocycles. The van der Waals surface area contributed by atoms with Gasteiger partial charge in [0.05, 0.1) is 11.8 Å². The van der Waals surface area contributed by atoms with Gasteiger partial charge in [-0.15, -0.1) is 11.6 Å². The van der Waals surface area contributed by atoms with Crippen molar-refractivity contribution in [1.82, 2.24) is 9.78 Å². The van der Waals surface area contributed by atoms with E-state index in [1.165, 1.54) is 0 Å². The number of halogens is 1. The number of benzene rings is 1. The molecule has 1 aromatic carbocycles. The summed E-state index contributed by atoms with van der Waals surface area (Å²) >= 11 is 5.83. The summed E-state index contributed by atoms with van der Waals surface area (Å²) in [4.78, 5) is 0. The predicted octanol–water partition coefficient (Wildman–Crippen LogP) is 2.48. The summed E-state index contributed by atoms with van der Waals surface area (Å²) in [7, 11) is 1.87. The molecule has 3 nitrogen and oxygen atoms in total. The van der Waals surface area contributed by atoms with Crippen LogP contribution in [0.4, 0.5) is 0 Å². The quantitative estimate of drug-likeness (QED) is 0.843. The number of nitrogens with zero attached hydrogens (tertiary/aromatic N) is 2. The third-order valence-electron chi connectivity index (χ3n) is 3.07. The Morgan fingerprint density at radius 3 is 2.61 bits per heavy atom. The Morgan fingerprint density at radius 1 is 1.33 bits per heavy atom. The lowest BCUT2D eigenvalue weighted by Crippen LogP contribution is -2.29. The van der Waals surface area contributed by atoms with E-state index in [1.54, 1.807) is 10.9 Å². The maximum Gasteiger partial charge on any atom is 0.0949 e. The number of hydrogen-bond acceptors (Lipinski definition) is 2. The van der Waals surface area contributed by atoms with Gasteiger partial charge in [-0.1, -0.05) is 30.3 Å². The molecular weight excluding hydrogens is 248 g/mol. The van der Waals surface area contributed by atoms with Crippen molar-refractivity contribution in [1.29, 1.82) is 0 Å². The SMILES string of the molecule is Cn1cc(CC(O)(CCCl)c2ccccc2)cn1. The monoisotopic (exact) mass is 264 g/mol. The van der Waals surface area contributed by atoms with Crippen molar-refractivity contribution < 1.29 is 5.11 Å². The van der Waals surface area contributed by atoms with Crippen molar-refractivity contribution >= 4 is 11.6 Å². The molecule has 96 valence electrons. The van der Waals surface area contributed by atoms with Gasteiger partial charge < -0.3 is 5.11 Å². The van der Waals surface area contributed by atoms with Crippen LogP contribution in [-0.2, 0) is 19.1 Å². The lowest BCUT2D eigenvalue weighted by atomic mass is 9.86. The zero-order valence-electron chi connectivity index (χ0n) is 10.4. The van der Waals surface area contributed by atoms with Gasteiger partial charge in [0.1, 0.15) is 0 Å². The summed E-state index contributed by atoms with van der Waals surface area (Å²) in [5.74, 6) is 0.422. The molecule has 0 saturated carbocycles. The summed E-state index contributed by atoms with van der Waals surface area (Å²) in [6, 6.07) is 9.66. The maximum absolute atomic E-state index is 10.8. The third kappa shape index (κ3) is 2.92. The second-order valence-corrected chi connectivity index (χ2v) is 4.91. The minimum absolute atomic E-state index is 0.422. The molecule has 0 aliphatic carbocycles. The first-order valence-corrected chi connectivity index (χ1v) is 6.49. The Balaban J connectivity index is 2.26. The van der Waals surface area contributed by atoms with E-state index < -0.39 is 5.60 Å². The van der Waals surface area contributed by atoms with Gasteiger partial charge in [0.25, 0.3) is 0 Å². The highest BCUT2D eigenvalue weighted by molar-refractivity contribution is 6.17. The van der Waals surface area contributed by atoms with Gasteiger partial charge in [-0.05, 0) is 17.5 Å². The number of aliphatic hydroxyl groups is 1. The van der Waals surface area contributed by atoms with Crippen LogP contribution in [0.1, 0.15) is 17.5 Å². The summed E-state index contributed by atoms with van der Waals surface area (Å²) in [6.45, 7) is 0. The minimum atomic E-state index is -0.925. The van der Waals surface area contributed by atoms with E-state index in [4.69, 9.17) is 11.6 Å². The number of hydrogen-bond donors (Lipinski definition) is 1. The fraction of sp³-hybridized carbons (Fsp3) is 0.357. The fourth-order valence-electron chi connectivity index (χ4n) is 2.14. The molecule has 0 bridgehead atoms. The van der Waals surface area contributed by atoms with Crippen molar-refractivity contribution in [2.75, 3.05) is 5.88 Å². The number of rotatable bonds is 5. The Morgan fingerprint density at radius 2 is 2.06 bits per heavy atom. The Hall–Kier alpha value is -1.32. The summed E-state index contributed by atoms with van der Waals surface area (Å²) in [6.07, 6.45) is 4.75. The van der Waals surface area contributed by atoms with Crippen LogP contribution < -0.4 is 0 Å². The first kappa shape index (κ1) is 13.1. The van der Waals surface area contributed by atoms with Crippen molar-refractivity contribution in [2.24, 2.45) is 7.05 Å². The predicted molar refractivity (Wildman–Crippen MR) is 72.6 cm³/mol. The van der Waals surface area contributed by atoms with Gasteiger partial charge in [0.2, 0.25) is 0 Å². The van der Waals surface area contributed by atoms with E-state index in [0.717, 1.165) is 11.1 Å². The molecule has 0 spiro atoms. The molecule has 1 unspecified atom stereocenters. The molecule has 0 saturated heterocycles. The highest BCUT2D eigenvalue weighted by Crippen LogP contribution is 2.29. The summed E-state index contributed by atoms with van der Waals surface area (Å²) < 4.78 is 1.74. The Labute approximate surface area is 112 Å². The zero-order valence-corrected chi connectivity index (χ0v) is 11.1. The molecule has 1 aromatic heterocycles. The van der Waals surface area contributed by atoms with E-state index >= 15 is 0 Å². The minimum Gasteiger partial charge on any atom is -0.385 e. The Kier molecular flexibility index (Phi) is 4.04. The van der Waals surface area contributed by atoms with Crippen molar-refractivity contribution in [3.05, 3.63) is 53.9 Å². The number of alkyl halides is 1. The van der Waals surface area contributed by atoms with Gasteiger partial charge in [0, 0.05) is 25.5 Å². The van der Waals surface area contributed by atoms with Gasteiger partial charge >= 0.3 is 0 Å². The molecule has 0 radical (unpaired) electrons. The lowest BCUT2D eigenvalue weighted by molar-refractivity contribution is 0.0336. The molecular formula is C14H17ClN2O. The largest absolute Gasteiger partial charge is 0.385 e. The summed E-state index contributed by atoms with van der Waals surface area (Å²) in [5.41, 5.74) is 0.981. The third-order valence-corrected chi connectivity index (χ3v) is 3.26. The van der Waals surface area contributed by atoms with Crippen LogP contribution in [-0.4, -0.2) is 20.8 Å². The van der Waals surface area contributed by atoms with Crippen molar-refractivity contribution in [2.45, 2.75) is 18.4 Å². The lowest BCUT2D eigenvalue weighted by Gasteiger charge is -2.27. The van der Waals surface area contributed by atoms with E-state index in [1.807, 2.05) is 43.6 Å². The smallest absolute Gasteiger partial charge is 0.0949 e. The van der Waals surface area contributed by atoms with Gasteiger partial charge in [-0.3, -0.25) is 4.68 Å². The highest BCUT2D eigenvalue weighted by atomic mass is 35.5. The standard InChI is InChI=1S/C14H17ClN2O/c1-17-11-12(10-16-17)9-14(18,7-8-15)13-5-3-2-4-6-13/h2-6,10-11,18H,7-9H2,1H3. The van der Waals surface area contributed by atoms with Crippen molar-refractivity contribution in [3.8, 4) is 0 Å². The van der Waals surface area contributed by atoms with Crippen molar-refractivity contribution in [3.63, 3.8) is 0 Å². The highest BCUT2D eigenvalue weighted by Gasteiger charge is 2.29. The topological polar surface area (TPSA) is 38.0 Å². The van der Waals surface area contributed by atoms with Gasteiger partial charge in [0.15, 0.2) is 0 Å². The van der Waals surface area contributed by atoms with Crippen LogP contribution in [0, 0.1) is 0 Å². The molecule has 0 amide bonds. The van der Waals surface area contributed by atoms with E-state index in [2.05, 4.69) is 5.10 Å². The molecule has 2 aromatic rings. The average molecular weight is 265 g/mol. The van der Waals surface area contributed by atoms with Crippen LogP contribution in [0.2, 0.25) is 0 Å². The molecule has 0 aliphatic rings. The van der Waals surface area contributed by atoms with E-state index in [0.29, 0.717) is 18.7 Å². The van der Waals surface area contributed by atoms with Gasteiger partial charge in [-0.2, -0.15) is 5.10 Å². The molecule has 2 rings (SSSR count). The number of aromatic nitrogens is 2. The zero-order chi connectivity index (χ0) is 13.0. The molecule has 18 heavy (non-hydrogen) atoms. The summed E-state index contributed by atoms with van der Waals surface area (Å²) in [5, 5.41) is 15.0.